The maximum absolute atomic E-state index is 14.0. The van der Waals surface area contributed by atoms with E-state index in [0.29, 0.717) is 36.4 Å². The number of aromatic amines is 1. The van der Waals surface area contributed by atoms with Gasteiger partial charge in [0.2, 0.25) is 0 Å². The predicted octanol–water partition coefficient (Wildman–Crippen LogP) is 2.85. The Balaban J connectivity index is 1.61. The van der Waals surface area contributed by atoms with Crippen molar-refractivity contribution in [3.05, 3.63) is 51.8 Å². The van der Waals surface area contributed by atoms with Crippen LogP contribution in [0.2, 0.25) is 0 Å². The molecule has 2 atom stereocenters. The van der Waals surface area contributed by atoms with Gasteiger partial charge in [-0.1, -0.05) is 12.1 Å². The number of esters is 1. The van der Waals surface area contributed by atoms with Crippen LogP contribution in [-0.2, 0) is 25.7 Å². The van der Waals surface area contributed by atoms with E-state index in [1.54, 1.807) is 6.92 Å². The molecule has 1 fully saturated rings. The molecule has 6 nitrogen and oxygen atoms in total. The topological polar surface area (TPSA) is 79.5 Å². The fourth-order valence-electron chi connectivity index (χ4n) is 4.91. The minimum absolute atomic E-state index is 0.108. The zero-order chi connectivity index (χ0) is 21.0. The van der Waals surface area contributed by atoms with E-state index in [1.807, 2.05) is 34.6 Å². The molecule has 2 aliphatic rings. The van der Waals surface area contributed by atoms with Gasteiger partial charge in [0.1, 0.15) is 0 Å². The molecule has 0 amide bonds. The Bertz CT molecular complexity index is 1360. The van der Waals surface area contributed by atoms with Crippen LogP contribution >= 0.6 is 0 Å². The quantitative estimate of drug-likeness (QED) is 0.310. The van der Waals surface area contributed by atoms with Crippen molar-refractivity contribution in [2.24, 2.45) is 5.92 Å². The van der Waals surface area contributed by atoms with Crippen molar-refractivity contribution < 1.29 is 13.7 Å². The third-order valence-corrected chi connectivity index (χ3v) is 8.53. The molecule has 1 aliphatic heterocycles. The molecule has 1 aliphatic carbocycles. The lowest BCUT2D eigenvalue weighted by atomic mass is 10.0. The standard InChI is InChI=1S/C23H24N2O4S/c1-3-29-23(27)15-7-5-11-25(13-15)30(2,28)19-10-9-18-21-17(19)12-14-6-4-8-16(20(14)21)22(26)24-18/h4,6,8-10,15H,2-3,5,7,11-13H2,1H3,(H,24,26). The van der Waals surface area contributed by atoms with Gasteiger partial charge in [-0.05, 0) is 61.4 Å². The summed E-state index contributed by atoms with van der Waals surface area (Å²) in [7, 11) is -2.79. The van der Waals surface area contributed by atoms with E-state index < -0.39 is 9.71 Å². The van der Waals surface area contributed by atoms with E-state index in [4.69, 9.17) is 4.74 Å². The largest absolute Gasteiger partial charge is 0.466 e. The molecule has 7 heteroatoms. The number of hydrogen-bond acceptors (Lipinski definition) is 4. The van der Waals surface area contributed by atoms with Crippen LogP contribution in [0.5, 0.6) is 0 Å². The molecule has 2 aromatic carbocycles. The molecule has 2 heterocycles. The van der Waals surface area contributed by atoms with Crippen molar-refractivity contribution >= 4 is 43.2 Å². The average molecular weight is 425 g/mol. The minimum Gasteiger partial charge on any atom is -0.466 e. The maximum atomic E-state index is 14.0. The van der Waals surface area contributed by atoms with Crippen LogP contribution < -0.4 is 5.56 Å². The third kappa shape index (κ3) is 2.80. The van der Waals surface area contributed by atoms with Crippen LogP contribution in [0, 0.1) is 5.92 Å². The minimum atomic E-state index is -2.79. The van der Waals surface area contributed by atoms with Gasteiger partial charge in [0.25, 0.3) is 5.56 Å². The first kappa shape index (κ1) is 19.3. The zero-order valence-electron chi connectivity index (χ0n) is 16.9. The molecule has 0 saturated carbocycles. The molecule has 0 spiro atoms. The summed E-state index contributed by atoms with van der Waals surface area (Å²) in [6.45, 7) is 3.15. The Morgan fingerprint density at radius 1 is 1.30 bits per heavy atom. The Hall–Kier alpha value is -2.64. The number of aromatic nitrogens is 1. The number of hydrogen-bond donors (Lipinski definition) is 1. The van der Waals surface area contributed by atoms with E-state index in [2.05, 4.69) is 10.9 Å². The van der Waals surface area contributed by atoms with E-state index in [9.17, 15) is 13.8 Å². The fourth-order valence-corrected chi connectivity index (χ4v) is 6.87. The van der Waals surface area contributed by atoms with Gasteiger partial charge in [-0.25, -0.2) is 8.51 Å². The van der Waals surface area contributed by atoms with Gasteiger partial charge in [0.15, 0.2) is 0 Å². The van der Waals surface area contributed by atoms with Gasteiger partial charge < -0.3 is 9.72 Å². The Morgan fingerprint density at radius 3 is 2.93 bits per heavy atom. The van der Waals surface area contributed by atoms with Gasteiger partial charge >= 0.3 is 5.97 Å². The van der Waals surface area contributed by atoms with Crippen LogP contribution in [-0.4, -0.2) is 45.0 Å². The van der Waals surface area contributed by atoms with E-state index in [0.717, 1.165) is 40.3 Å². The summed E-state index contributed by atoms with van der Waals surface area (Å²) >= 11 is 0. The number of carbonyl (C=O) groups is 1. The normalized spacial score (nSPS) is 20.6. The number of piperidine rings is 1. The fraction of sp³-hybridized carbons (Fsp3) is 0.348. The second-order valence-electron chi connectivity index (χ2n) is 8.06. The first-order valence-corrected chi connectivity index (χ1v) is 12.0. The van der Waals surface area contributed by atoms with Crippen LogP contribution in [0.1, 0.15) is 30.9 Å². The summed E-state index contributed by atoms with van der Waals surface area (Å²) in [6, 6.07) is 9.40. The van der Waals surface area contributed by atoms with Crippen molar-refractivity contribution in [1.82, 2.24) is 9.29 Å². The second-order valence-corrected chi connectivity index (χ2v) is 10.3. The Labute approximate surface area is 175 Å². The molecule has 0 radical (unpaired) electrons. The third-order valence-electron chi connectivity index (χ3n) is 6.30. The van der Waals surface area contributed by atoms with Crippen molar-refractivity contribution in [2.45, 2.75) is 31.1 Å². The smallest absolute Gasteiger partial charge is 0.310 e. The highest BCUT2D eigenvalue weighted by Crippen LogP contribution is 2.40. The summed E-state index contributed by atoms with van der Waals surface area (Å²) in [4.78, 5) is 28.4. The molecule has 30 heavy (non-hydrogen) atoms. The van der Waals surface area contributed by atoms with Crippen molar-refractivity contribution in [3.63, 3.8) is 0 Å². The SMILES string of the molecule is C=S(=O)(c1ccc2[nH]c(=O)c3cccc4c3c2c1C4)N1CCCC(C(=O)OCC)C1. The molecule has 1 N–H and O–H groups in total. The molecule has 156 valence electrons. The molecule has 3 aromatic rings. The predicted molar refractivity (Wildman–Crippen MR) is 119 cm³/mol. The summed E-state index contributed by atoms with van der Waals surface area (Å²) < 4.78 is 21.1. The maximum Gasteiger partial charge on any atom is 0.310 e. The molecule has 1 saturated heterocycles. The summed E-state index contributed by atoms with van der Waals surface area (Å²) in [5, 5.41) is 2.58. The zero-order valence-corrected chi connectivity index (χ0v) is 17.7. The highest BCUT2D eigenvalue weighted by Gasteiger charge is 2.33. The lowest BCUT2D eigenvalue weighted by Crippen LogP contribution is -2.42. The highest BCUT2D eigenvalue weighted by atomic mass is 32.2. The Kier molecular flexibility index (Phi) is 4.48. The number of H-pyrrole nitrogens is 1. The van der Waals surface area contributed by atoms with Gasteiger partial charge in [-0.3, -0.25) is 9.59 Å². The first-order chi connectivity index (χ1) is 14.4. The van der Waals surface area contributed by atoms with Gasteiger partial charge in [0, 0.05) is 39.7 Å². The lowest BCUT2D eigenvalue weighted by molar-refractivity contribution is -0.149. The Morgan fingerprint density at radius 2 is 2.13 bits per heavy atom. The number of benzene rings is 2. The monoisotopic (exact) mass is 424 g/mol. The van der Waals surface area contributed by atoms with Crippen molar-refractivity contribution in [2.75, 3.05) is 19.7 Å². The van der Waals surface area contributed by atoms with Gasteiger partial charge in [0.05, 0.1) is 22.2 Å². The van der Waals surface area contributed by atoms with Crippen molar-refractivity contribution in [3.8, 4) is 0 Å². The molecule has 0 bridgehead atoms. The van der Waals surface area contributed by atoms with Crippen LogP contribution in [0.3, 0.4) is 0 Å². The van der Waals surface area contributed by atoms with Gasteiger partial charge in [-0.2, -0.15) is 0 Å². The number of pyridine rings is 1. The molecule has 5 rings (SSSR count). The average Bonchev–Trinajstić information content (AvgIpc) is 3.13. The second kappa shape index (κ2) is 6.96. The lowest BCUT2D eigenvalue weighted by Gasteiger charge is -2.34. The number of ether oxygens (including phenoxy) is 1. The number of carbonyl (C=O) groups excluding carboxylic acids is 1. The van der Waals surface area contributed by atoms with E-state index in [-0.39, 0.29) is 17.4 Å². The van der Waals surface area contributed by atoms with Crippen LogP contribution in [0.4, 0.5) is 0 Å². The number of nitrogens with zero attached hydrogens (tertiary/aromatic N) is 1. The number of rotatable bonds is 4. The molecular weight excluding hydrogens is 400 g/mol. The van der Waals surface area contributed by atoms with Crippen molar-refractivity contribution in [1.29, 1.82) is 0 Å². The highest BCUT2D eigenvalue weighted by molar-refractivity contribution is 7.98. The van der Waals surface area contributed by atoms with E-state index >= 15 is 0 Å². The summed E-state index contributed by atoms with van der Waals surface area (Å²) in [5.74, 6) is 3.63. The first-order valence-electron chi connectivity index (χ1n) is 10.3. The van der Waals surface area contributed by atoms with Crippen LogP contribution in [0.15, 0.2) is 40.0 Å². The van der Waals surface area contributed by atoms with Crippen LogP contribution in [0.25, 0.3) is 21.7 Å². The summed E-state index contributed by atoms with van der Waals surface area (Å²) in [5.41, 5.74) is 2.69. The van der Waals surface area contributed by atoms with E-state index in [1.165, 1.54) is 0 Å². The number of nitrogens with one attached hydrogen (secondary N) is 1. The summed E-state index contributed by atoms with van der Waals surface area (Å²) in [6.07, 6.45) is 2.14. The molecule has 2 unspecified atom stereocenters. The molecular formula is C23H24N2O4S. The molecule has 1 aromatic heterocycles. The van der Waals surface area contributed by atoms with Gasteiger partial charge in [-0.15, -0.1) is 0 Å².